The van der Waals surface area contributed by atoms with Gasteiger partial charge in [-0.1, -0.05) is 0 Å². The molecule has 5 rings (SSSR count). The lowest BCUT2D eigenvalue weighted by Crippen LogP contribution is -2.11. The van der Waals surface area contributed by atoms with Gasteiger partial charge in [-0.15, -0.1) is 11.3 Å². The minimum Gasteiger partial charge on any atom is -0.324 e. The van der Waals surface area contributed by atoms with Gasteiger partial charge in [0.25, 0.3) is 0 Å². The number of imidazole rings is 1. The number of thiazole rings is 1. The summed E-state index contributed by atoms with van der Waals surface area (Å²) in [6.45, 7) is 0. The van der Waals surface area contributed by atoms with Gasteiger partial charge in [-0.05, 0) is 37.5 Å². The first-order valence-electron chi connectivity index (χ1n) is 8.93. The van der Waals surface area contributed by atoms with Gasteiger partial charge < -0.3 is 4.57 Å². The molecule has 5 nitrogen and oxygen atoms in total. The molecule has 0 N–H and O–H groups in total. The highest BCUT2D eigenvalue weighted by atomic mass is 32.1. The van der Waals surface area contributed by atoms with E-state index >= 15 is 0 Å². The summed E-state index contributed by atoms with van der Waals surface area (Å²) in [5.74, 6) is 0.881. The summed E-state index contributed by atoms with van der Waals surface area (Å²) >= 11 is 1.56. The monoisotopic (exact) mass is 377 g/mol. The van der Waals surface area contributed by atoms with Crippen molar-refractivity contribution in [1.82, 2.24) is 19.5 Å². The molecule has 3 heterocycles. The Morgan fingerprint density at radius 1 is 1.26 bits per heavy atom. The van der Waals surface area contributed by atoms with E-state index in [4.69, 9.17) is 4.98 Å². The summed E-state index contributed by atoms with van der Waals surface area (Å²) in [6.07, 6.45) is 3.46. The lowest BCUT2D eigenvalue weighted by Gasteiger charge is -2.17. The number of nitriles is 1. The predicted octanol–water partition coefficient (Wildman–Crippen LogP) is 4.57. The molecule has 0 aliphatic heterocycles. The molecule has 0 radical (unpaired) electrons. The Labute approximate surface area is 159 Å². The highest BCUT2D eigenvalue weighted by Crippen LogP contribution is 2.37. The van der Waals surface area contributed by atoms with E-state index in [1.807, 2.05) is 23.0 Å². The number of rotatable bonds is 3. The van der Waals surface area contributed by atoms with Crippen molar-refractivity contribution < 1.29 is 4.39 Å². The summed E-state index contributed by atoms with van der Waals surface area (Å²) in [7, 11) is 0. The van der Waals surface area contributed by atoms with E-state index in [0.717, 1.165) is 39.9 Å². The molecule has 0 bridgehead atoms. The van der Waals surface area contributed by atoms with Crippen LogP contribution in [-0.4, -0.2) is 25.7 Å². The fourth-order valence-corrected chi connectivity index (χ4v) is 4.60. The molecule has 134 valence electrons. The molecule has 1 aliphatic carbocycles. The number of alkyl halides is 1. The lowest BCUT2D eigenvalue weighted by molar-refractivity contribution is 0.330. The minimum atomic E-state index is -0.776. The molecule has 1 aromatic carbocycles. The van der Waals surface area contributed by atoms with Crippen molar-refractivity contribution in [3.63, 3.8) is 0 Å². The second kappa shape index (κ2) is 6.39. The molecule has 0 saturated heterocycles. The third-order valence-corrected chi connectivity index (χ3v) is 5.88. The van der Waals surface area contributed by atoms with Gasteiger partial charge in [-0.2, -0.15) is 5.26 Å². The fraction of sp³-hybridized carbons (Fsp3) is 0.300. The topological polar surface area (TPSA) is 67.4 Å². The molecule has 3 aromatic heterocycles. The van der Waals surface area contributed by atoms with Gasteiger partial charge in [0.15, 0.2) is 0 Å². The first kappa shape index (κ1) is 16.3. The first-order chi connectivity index (χ1) is 13.2. The van der Waals surface area contributed by atoms with Crippen LogP contribution in [0.5, 0.6) is 0 Å². The Hall–Kier alpha value is -2.85. The molecule has 7 heteroatoms. The number of hydrogen-bond donors (Lipinski definition) is 0. The standard InChI is InChI=1S/C20H16FN5S/c21-13-2-3-15(6-13)26-19(7-14-10-27-11-24-14)25-18-9-23-17-4-1-12(8-22)5-16(17)20(18)26/h1,4-5,9-11,13,15H,2-3,6-7H2/t13-,15+/m1/s1. The number of benzene rings is 1. The van der Waals surface area contributed by atoms with E-state index in [1.165, 1.54) is 0 Å². The number of nitrogens with zero attached hydrogens (tertiary/aromatic N) is 5. The Kier molecular flexibility index (Phi) is 3.87. The molecule has 2 atom stereocenters. The Bertz CT molecular complexity index is 1170. The number of fused-ring (bicyclic) bond motifs is 3. The molecule has 1 fully saturated rings. The molecular formula is C20H16FN5S. The highest BCUT2D eigenvalue weighted by molar-refractivity contribution is 7.07. The zero-order valence-electron chi connectivity index (χ0n) is 14.5. The maximum absolute atomic E-state index is 14.0. The van der Waals surface area contributed by atoms with Gasteiger partial charge in [0, 0.05) is 23.2 Å². The zero-order valence-corrected chi connectivity index (χ0v) is 15.3. The van der Waals surface area contributed by atoms with Crippen molar-refractivity contribution in [3.8, 4) is 6.07 Å². The smallest absolute Gasteiger partial charge is 0.116 e. The quantitative estimate of drug-likeness (QED) is 0.525. The number of pyridine rings is 1. The SMILES string of the molecule is N#Cc1ccc2ncc3nc(Cc4cscn4)n([C@H]4CC[C@@H](F)C4)c3c2c1. The van der Waals surface area contributed by atoms with E-state index < -0.39 is 6.17 Å². The average Bonchev–Trinajstić information content (AvgIpc) is 3.41. The summed E-state index contributed by atoms with van der Waals surface area (Å²) in [5.41, 5.74) is 5.90. The van der Waals surface area contributed by atoms with E-state index in [-0.39, 0.29) is 6.04 Å². The van der Waals surface area contributed by atoms with E-state index in [0.29, 0.717) is 24.8 Å². The van der Waals surface area contributed by atoms with E-state index in [2.05, 4.69) is 20.6 Å². The van der Waals surface area contributed by atoms with Gasteiger partial charge >= 0.3 is 0 Å². The molecule has 0 spiro atoms. The summed E-state index contributed by atoms with van der Waals surface area (Å²) in [4.78, 5) is 13.7. The average molecular weight is 377 g/mol. The molecule has 0 unspecified atom stereocenters. The Morgan fingerprint density at radius 3 is 2.93 bits per heavy atom. The van der Waals surface area contributed by atoms with Crippen molar-refractivity contribution in [2.24, 2.45) is 0 Å². The van der Waals surface area contributed by atoms with Crippen molar-refractivity contribution in [1.29, 1.82) is 5.26 Å². The molecular weight excluding hydrogens is 361 g/mol. The molecule has 1 aliphatic rings. The van der Waals surface area contributed by atoms with Crippen molar-refractivity contribution in [2.45, 2.75) is 37.9 Å². The second-order valence-electron chi connectivity index (χ2n) is 6.95. The maximum atomic E-state index is 14.0. The van der Waals surface area contributed by atoms with Crippen molar-refractivity contribution in [2.75, 3.05) is 0 Å². The first-order valence-corrected chi connectivity index (χ1v) is 9.88. The fourth-order valence-electron chi connectivity index (χ4n) is 4.04. The number of halogens is 1. The van der Waals surface area contributed by atoms with Gasteiger partial charge in [-0.25, -0.2) is 14.4 Å². The third kappa shape index (κ3) is 2.77. The predicted molar refractivity (Wildman–Crippen MR) is 102 cm³/mol. The highest BCUT2D eigenvalue weighted by Gasteiger charge is 2.29. The maximum Gasteiger partial charge on any atom is 0.116 e. The summed E-state index contributed by atoms with van der Waals surface area (Å²) < 4.78 is 16.2. The van der Waals surface area contributed by atoms with Crippen molar-refractivity contribution in [3.05, 3.63) is 52.4 Å². The zero-order chi connectivity index (χ0) is 18.4. The minimum absolute atomic E-state index is 0.0648. The van der Waals surface area contributed by atoms with Crippen LogP contribution in [0, 0.1) is 11.3 Å². The van der Waals surface area contributed by atoms with Crippen LogP contribution in [0.2, 0.25) is 0 Å². The van der Waals surface area contributed by atoms with Gasteiger partial charge in [-0.3, -0.25) is 4.98 Å². The largest absolute Gasteiger partial charge is 0.324 e. The van der Waals surface area contributed by atoms with Crippen LogP contribution >= 0.6 is 11.3 Å². The van der Waals surface area contributed by atoms with Crippen LogP contribution in [0.25, 0.3) is 21.9 Å². The van der Waals surface area contributed by atoms with Gasteiger partial charge in [0.05, 0.1) is 40.1 Å². The molecule has 0 amide bonds. The van der Waals surface area contributed by atoms with Crippen LogP contribution < -0.4 is 0 Å². The summed E-state index contributed by atoms with van der Waals surface area (Å²) in [5, 5.41) is 12.2. The van der Waals surface area contributed by atoms with Crippen molar-refractivity contribution >= 4 is 33.3 Å². The normalized spacial score (nSPS) is 19.7. The third-order valence-electron chi connectivity index (χ3n) is 5.25. The van der Waals surface area contributed by atoms with Gasteiger partial charge in [0.1, 0.15) is 17.5 Å². The molecule has 4 aromatic rings. The Balaban J connectivity index is 1.78. The lowest BCUT2D eigenvalue weighted by atomic mass is 10.1. The van der Waals surface area contributed by atoms with Crippen LogP contribution in [0.4, 0.5) is 4.39 Å². The number of hydrogen-bond acceptors (Lipinski definition) is 5. The Morgan fingerprint density at radius 2 is 2.19 bits per heavy atom. The summed E-state index contributed by atoms with van der Waals surface area (Å²) in [6, 6.07) is 7.75. The van der Waals surface area contributed by atoms with Gasteiger partial charge in [0.2, 0.25) is 0 Å². The van der Waals surface area contributed by atoms with Crippen LogP contribution in [-0.2, 0) is 6.42 Å². The number of aromatic nitrogens is 4. The molecule has 27 heavy (non-hydrogen) atoms. The van der Waals surface area contributed by atoms with E-state index in [9.17, 15) is 9.65 Å². The van der Waals surface area contributed by atoms with Crippen LogP contribution in [0.15, 0.2) is 35.3 Å². The van der Waals surface area contributed by atoms with E-state index in [1.54, 1.807) is 23.6 Å². The van der Waals surface area contributed by atoms with Crippen LogP contribution in [0.3, 0.4) is 0 Å². The second-order valence-corrected chi connectivity index (χ2v) is 7.67. The molecule has 1 saturated carbocycles. The van der Waals surface area contributed by atoms with Crippen LogP contribution in [0.1, 0.15) is 42.4 Å².